The fourth-order valence-corrected chi connectivity index (χ4v) is 2.92. The molecule has 1 heterocycles. The van der Waals surface area contributed by atoms with Crippen LogP contribution in [0.5, 0.6) is 5.75 Å². The molecule has 0 N–H and O–H groups in total. The summed E-state index contributed by atoms with van der Waals surface area (Å²) >= 11 is 9.27. The third-order valence-electron chi connectivity index (χ3n) is 2.20. The molecule has 0 spiro atoms. The molecular formula is C12H8ClIO2S. The first kappa shape index (κ1) is 12.9. The van der Waals surface area contributed by atoms with Gasteiger partial charge in [0.05, 0.1) is 21.9 Å². The van der Waals surface area contributed by atoms with Crippen molar-refractivity contribution in [2.24, 2.45) is 0 Å². The lowest BCUT2D eigenvalue weighted by molar-refractivity contribution is 0.103. The van der Waals surface area contributed by atoms with Crippen molar-refractivity contribution in [3.63, 3.8) is 0 Å². The van der Waals surface area contributed by atoms with Gasteiger partial charge in [0, 0.05) is 3.57 Å². The molecule has 0 bridgehead atoms. The number of halogens is 2. The van der Waals surface area contributed by atoms with E-state index in [9.17, 15) is 4.79 Å². The Balaban J connectivity index is 2.46. The van der Waals surface area contributed by atoms with Crippen LogP contribution in [0.15, 0.2) is 30.3 Å². The van der Waals surface area contributed by atoms with E-state index in [4.69, 9.17) is 16.3 Å². The van der Waals surface area contributed by atoms with Crippen LogP contribution in [0, 0.1) is 3.57 Å². The van der Waals surface area contributed by atoms with E-state index in [2.05, 4.69) is 22.6 Å². The number of carbonyl (C=O) groups excluding carboxylic acids is 1. The van der Waals surface area contributed by atoms with E-state index in [0.29, 0.717) is 20.5 Å². The van der Waals surface area contributed by atoms with Gasteiger partial charge in [-0.15, -0.1) is 11.3 Å². The maximum atomic E-state index is 12.3. The molecule has 1 aromatic heterocycles. The number of thiophene rings is 1. The lowest BCUT2D eigenvalue weighted by atomic mass is 10.1. The smallest absolute Gasteiger partial charge is 0.206 e. The quantitative estimate of drug-likeness (QED) is 0.590. The lowest BCUT2D eigenvalue weighted by Crippen LogP contribution is -2.02. The highest BCUT2D eigenvalue weighted by molar-refractivity contribution is 14.1. The summed E-state index contributed by atoms with van der Waals surface area (Å²) in [7, 11) is 1.56. The van der Waals surface area contributed by atoms with Crippen LogP contribution in [-0.2, 0) is 0 Å². The fourth-order valence-electron chi connectivity index (χ4n) is 1.43. The SMILES string of the molecule is COc1ccc(I)cc1C(=O)c1ccc(Cl)s1. The average Bonchev–Trinajstić information content (AvgIpc) is 2.75. The predicted octanol–water partition coefficient (Wildman–Crippen LogP) is 4.25. The molecule has 2 rings (SSSR count). The number of ether oxygens (including phenoxy) is 1. The lowest BCUT2D eigenvalue weighted by Gasteiger charge is -2.06. The Morgan fingerprint density at radius 3 is 2.71 bits per heavy atom. The van der Waals surface area contributed by atoms with Gasteiger partial charge in [0.25, 0.3) is 0 Å². The summed E-state index contributed by atoms with van der Waals surface area (Å²) in [5.41, 5.74) is 0.568. The topological polar surface area (TPSA) is 26.3 Å². The summed E-state index contributed by atoms with van der Waals surface area (Å²) < 4.78 is 6.80. The van der Waals surface area contributed by atoms with Crippen molar-refractivity contribution in [1.29, 1.82) is 0 Å². The van der Waals surface area contributed by atoms with Crippen LogP contribution in [-0.4, -0.2) is 12.9 Å². The molecule has 0 aliphatic rings. The van der Waals surface area contributed by atoms with Crippen LogP contribution >= 0.6 is 45.5 Å². The highest BCUT2D eigenvalue weighted by atomic mass is 127. The summed E-state index contributed by atoms with van der Waals surface area (Å²) in [4.78, 5) is 12.9. The molecule has 0 saturated carbocycles. The van der Waals surface area contributed by atoms with Gasteiger partial charge in [-0.2, -0.15) is 0 Å². The van der Waals surface area contributed by atoms with Crippen LogP contribution in [0.4, 0.5) is 0 Å². The Bertz CT molecular complexity index is 565. The van der Waals surface area contributed by atoms with E-state index in [1.165, 1.54) is 11.3 Å². The van der Waals surface area contributed by atoms with Gasteiger partial charge in [-0.1, -0.05) is 11.6 Å². The zero-order chi connectivity index (χ0) is 12.4. The Labute approximate surface area is 122 Å². The normalized spacial score (nSPS) is 10.3. The van der Waals surface area contributed by atoms with Gasteiger partial charge in [-0.3, -0.25) is 4.79 Å². The number of rotatable bonds is 3. The average molecular weight is 379 g/mol. The number of methoxy groups -OCH3 is 1. The highest BCUT2D eigenvalue weighted by Gasteiger charge is 2.16. The summed E-state index contributed by atoms with van der Waals surface area (Å²) in [6.45, 7) is 0. The van der Waals surface area contributed by atoms with Gasteiger partial charge in [-0.25, -0.2) is 0 Å². The molecule has 0 aliphatic carbocycles. The van der Waals surface area contributed by atoms with E-state index in [1.54, 1.807) is 25.3 Å². The molecule has 5 heteroatoms. The number of hydrogen-bond donors (Lipinski definition) is 0. The minimum atomic E-state index is -0.0581. The number of benzene rings is 1. The molecule has 0 radical (unpaired) electrons. The second kappa shape index (κ2) is 5.37. The molecule has 0 aliphatic heterocycles. The van der Waals surface area contributed by atoms with Crippen molar-refractivity contribution in [3.8, 4) is 5.75 Å². The monoisotopic (exact) mass is 378 g/mol. The molecular weight excluding hydrogens is 371 g/mol. The summed E-state index contributed by atoms with van der Waals surface area (Å²) in [6, 6.07) is 8.96. The van der Waals surface area contributed by atoms with E-state index in [1.807, 2.05) is 12.1 Å². The molecule has 0 unspecified atom stereocenters. The Kier molecular flexibility index (Phi) is 4.06. The van der Waals surface area contributed by atoms with Gasteiger partial charge in [0.2, 0.25) is 5.78 Å². The van der Waals surface area contributed by atoms with Gasteiger partial charge in [-0.05, 0) is 52.9 Å². The Hall–Kier alpha value is -0.590. The van der Waals surface area contributed by atoms with Crippen molar-refractivity contribution in [2.45, 2.75) is 0 Å². The zero-order valence-electron chi connectivity index (χ0n) is 8.87. The van der Waals surface area contributed by atoms with Gasteiger partial charge in [0.1, 0.15) is 5.75 Å². The first-order valence-electron chi connectivity index (χ1n) is 4.75. The van der Waals surface area contributed by atoms with E-state index in [-0.39, 0.29) is 5.78 Å². The molecule has 0 saturated heterocycles. The largest absolute Gasteiger partial charge is 0.496 e. The van der Waals surface area contributed by atoms with Gasteiger partial charge < -0.3 is 4.74 Å². The first-order valence-corrected chi connectivity index (χ1v) is 7.02. The van der Waals surface area contributed by atoms with Crippen LogP contribution in [0.25, 0.3) is 0 Å². The Morgan fingerprint density at radius 1 is 1.35 bits per heavy atom. The minimum absolute atomic E-state index is 0.0581. The van der Waals surface area contributed by atoms with Gasteiger partial charge >= 0.3 is 0 Å². The van der Waals surface area contributed by atoms with E-state index < -0.39 is 0 Å². The number of ketones is 1. The van der Waals surface area contributed by atoms with Crippen molar-refractivity contribution < 1.29 is 9.53 Å². The maximum absolute atomic E-state index is 12.3. The fraction of sp³-hybridized carbons (Fsp3) is 0.0833. The van der Waals surface area contributed by atoms with Crippen LogP contribution in [0.2, 0.25) is 4.34 Å². The molecule has 1 aromatic carbocycles. The van der Waals surface area contributed by atoms with Crippen LogP contribution < -0.4 is 4.74 Å². The number of hydrogen-bond acceptors (Lipinski definition) is 3. The minimum Gasteiger partial charge on any atom is -0.496 e. The van der Waals surface area contributed by atoms with Crippen molar-refractivity contribution in [2.75, 3.05) is 7.11 Å². The third kappa shape index (κ3) is 2.81. The highest BCUT2D eigenvalue weighted by Crippen LogP contribution is 2.28. The second-order valence-corrected chi connectivity index (χ2v) is 6.24. The Morgan fingerprint density at radius 2 is 2.12 bits per heavy atom. The second-order valence-electron chi connectivity index (χ2n) is 3.28. The zero-order valence-corrected chi connectivity index (χ0v) is 12.6. The molecule has 2 aromatic rings. The van der Waals surface area contributed by atoms with E-state index >= 15 is 0 Å². The van der Waals surface area contributed by atoms with Crippen molar-refractivity contribution in [3.05, 3.63) is 48.7 Å². The van der Waals surface area contributed by atoms with Crippen molar-refractivity contribution in [1.82, 2.24) is 0 Å². The number of carbonyl (C=O) groups is 1. The molecule has 0 atom stereocenters. The van der Waals surface area contributed by atoms with Crippen LogP contribution in [0.1, 0.15) is 15.2 Å². The van der Waals surface area contributed by atoms with Crippen molar-refractivity contribution >= 4 is 51.3 Å². The third-order valence-corrected chi connectivity index (χ3v) is 4.10. The van der Waals surface area contributed by atoms with E-state index in [0.717, 1.165) is 3.57 Å². The predicted molar refractivity (Wildman–Crippen MR) is 78.5 cm³/mol. The standard InChI is InChI=1S/C12H8ClIO2S/c1-16-9-3-2-7(14)6-8(9)12(15)10-4-5-11(13)17-10/h2-6H,1H3. The molecule has 88 valence electrons. The molecule has 17 heavy (non-hydrogen) atoms. The molecule has 0 fully saturated rings. The molecule has 0 amide bonds. The van der Waals surface area contributed by atoms with Gasteiger partial charge in [0.15, 0.2) is 0 Å². The first-order chi connectivity index (χ1) is 8.11. The van der Waals surface area contributed by atoms with Crippen LogP contribution in [0.3, 0.4) is 0 Å². The summed E-state index contributed by atoms with van der Waals surface area (Å²) in [6.07, 6.45) is 0. The maximum Gasteiger partial charge on any atom is 0.206 e. The molecule has 2 nitrogen and oxygen atoms in total. The summed E-state index contributed by atoms with van der Waals surface area (Å²) in [5, 5.41) is 0. The summed E-state index contributed by atoms with van der Waals surface area (Å²) in [5.74, 6) is 0.525.